The predicted molar refractivity (Wildman–Crippen MR) is 109 cm³/mol. The second-order valence-electron chi connectivity index (χ2n) is 6.22. The lowest BCUT2D eigenvalue weighted by molar-refractivity contribution is 0.305. The SMILES string of the molecule is C=C(N)c1cccnc1COc1cc(-c2ccccc2)cc2ncccc12. The fourth-order valence-electron chi connectivity index (χ4n) is 3.06. The van der Waals surface area contributed by atoms with Crippen molar-refractivity contribution in [3.8, 4) is 16.9 Å². The quantitative estimate of drug-likeness (QED) is 0.559. The van der Waals surface area contributed by atoms with Crippen LogP contribution in [0.5, 0.6) is 5.75 Å². The molecule has 2 N–H and O–H groups in total. The normalized spacial score (nSPS) is 10.7. The topological polar surface area (TPSA) is 61.0 Å². The van der Waals surface area contributed by atoms with Crippen LogP contribution < -0.4 is 10.5 Å². The third-order valence-electron chi connectivity index (χ3n) is 4.39. The van der Waals surface area contributed by atoms with Gasteiger partial charge in [0.15, 0.2) is 0 Å². The van der Waals surface area contributed by atoms with Crippen molar-refractivity contribution in [3.63, 3.8) is 0 Å². The molecule has 0 aliphatic carbocycles. The van der Waals surface area contributed by atoms with E-state index in [0.717, 1.165) is 39.0 Å². The molecule has 0 unspecified atom stereocenters. The Morgan fingerprint density at radius 3 is 2.48 bits per heavy atom. The molecule has 2 aromatic carbocycles. The molecule has 0 radical (unpaired) electrons. The Labute approximate surface area is 158 Å². The summed E-state index contributed by atoms with van der Waals surface area (Å²) in [6.07, 6.45) is 3.52. The van der Waals surface area contributed by atoms with Crippen LogP contribution in [0, 0.1) is 0 Å². The van der Waals surface area contributed by atoms with Crippen molar-refractivity contribution in [1.82, 2.24) is 9.97 Å². The second kappa shape index (κ2) is 7.30. The number of rotatable bonds is 5. The fraction of sp³-hybridized carbons (Fsp3) is 0.0435. The summed E-state index contributed by atoms with van der Waals surface area (Å²) in [5.74, 6) is 0.763. The number of benzene rings is 2. The smallest absolute Gasteiger partial charge is 0.131 e. The van der Waals surface area contributed by atoms with Gasteiger partial charge in [-0.1, -0.05) is 36.9 Å². The molecule has 4 rings (SSSR count). The van der Waals surface area contributed by atoms with Crippen LogP contribution in [-0.2, 0) is 6.61 Å². The summed E-state index contributed by atoms with van der Waals surface area (Å²) >= 11 is 0. The molecular formula is C23H19N3O. The van der Waals surface area contributed by atoms with E-state index in [0.29, 0.717) is 12.3 Å². The third kappa shape index (κ3) is 3.51. The minimum Gasteiger partial charge on any atom is -0.487 e. The highest BCUT2D eigenvalue weighted by atomic mass is 16.5. The highest BCUT2D eigenvalue weighted by Crippen LogP contribution is 2.32. The molecule has 0 amide bonds. The number of aromatic nitrogens is 2. The van der Waals surface area contributed by atoms with E-state index in [2.05, 4.69) is 34.7 Å². The van der Waals surface area contributed by atoms with Crippen molar-refractivity contribution in [2.24, 2.45) is 5.73 Å². The van der Waals surface area contributed by atoms with E-state index in [1.54, 1.807) is 12.4 Å². The summed E-state index contributed by atoms with van der Waals surface area (Å²) in [5, 5.41) is 0.959. The summed E-state index contributed by atoms with van der Waals surface area (Å²) in [7, 11) is 0. The molecule has 0 spiro atoms. The van der Waals surface area contributed by atoms with Gasteiger partial charge in [-0.05, 0) is 47.5 Å². The molecule has 27 heavy (non-hydrogen) atoms. The van der Waals surface area contributed by atoms with Gasteiger partial charge in [0.1, 0.15) is 12.4 Å². The lowest BCUT2D eigenvalue weighted by Crippen LogP contribution is -2.06. The zero-order chi connectivity index (χ0) is 18.6. The maximum atomic E-state index is 6.16. The van der Waals surface area contributed by atoms with Gasteiger partial charge in [0.25, 0.3) is 0 Å². The Hall–Kier alpha value is -3.66. The van der Waals surface area contributed by atoms with Crippen LogP contribution in [0.25, 0.3) is 27.7 Å². The standard InChI is InChI=1S/C23H19N3O/c1-16(24)19-9-5-12-26-22(19)15-27-23-14-18(17-7-3-2-4-8-17)13-21-20(23)10-6-11-25-21/h2-14H,1,15,24H2. The first-order valence-electron chi connectivity index (χ1n) is 8.68. The number of hydrogen-bond donors (Lipinski definition) is 1. The summed E-state index contributed by atoms with van der Waals surface area (Å²) in [6.45, 7) is 4.12. The van der Waals surface area contributed by atoms with Crippen molar-refractivity contribution in [2.45, 2.75) is 6.61 Å². The lowest BCUT2D eigenvalue weighted by atomic mass is 10.0. The first kappa shape index (κ1) is 16.8. The third-order valence-corrected chi connectivity index (χ3v) is 4.39. The van der Waals surface area contributed by atoms with Gasteiger partial charge in [-0.2, -0.15) is 0 Å². The predicted octanol–water partition coefficient (Wildman–Crippen LogP) is 4.81. The molecule has 0 saturated carbocycles. The zero-order valence-electron chi connectivity index (χ0n) is 14.8. The summed E-state index contributed by atoms with van der Waals surface area (Å²) < 4.78 is 6.16. The van der Waals surface area contributed by atoms with Gasteiger partial charge in [-0.3, -0.25) is 9.97 Å². The van der Waals surface area contributed by atoms with Crippen LogP contribution in [0.4, 0.5) is 0 Å². The van der Waals surface area contributed by atoms with Crippen LogP contribution in [0.2, 0.25) is 0 Å². The molecule has 0 bridgehead atoms. The van der Waals surface area contributed by atoms with Crippen LogP contribution in [-0.4, -0.2) is 9.97 Å². The molecule has 0 aliphatic rings. The summed E-state index contributed by atoms with van der Waals surface area (Å²) in [5.41, 5.74) is 11.0. The highest BCUT2D eigenvalue weighted by molar-refractivity contribution is 5.90. The average Bonchev–Trinajstić information content (AvgIpc) is 2.72. The first-order valence-corrected chi connectivity index (χ1v) is 8.68. The molecule has 2 aromatic heterocycles. The van der Waals surface area contributed by atoms with E-state index in [1.165, 1.54) is 0 Å². The minimum absolute atomic E-state index is 0.300. The van der Waals surface area contributed by atoms with E-state index >= 15 is 0 Å². The van der Waals surface area contributed by atoms with Gasteiger partial charge >= 0.3 is 0 Å². The molecular weight excluding hydrogens is 334 g/mol. The summed E-state index contributed by atoms with van der Waals surface area (Å²) in [4.78, 5) is 8.89. The van der Waals surface area contributed by atoms with E-state index in [4.69, 9.17) is 10.5 Å². The maximum Gasteiger partial charge on any atom is 0.131 e. The maximum absolute atomic E-state index is 6.16. The Bertz CT molecular complexity index is 1110. The van der Waals surface area contributed by atoms with Crippen LogP contribution in [0.1, 0.15) is 11.3 Å². The molecule has 132 valence electrons. The van der Waals surface area contributed by atoms with Crippen molar-refractivity contribution in [1.29, 1.82) is 0 Å². The summed E-state index contributed by atoms with van der Waals surface area (Å²) in [6, 6.07) is 22.0. The zero-order valence-corrected chi connectivity index (χ0v) is 14.8. The Kier molecular flexibility index (Phi) is 4.54. The van der Waals surface area contributed by atoms with Crippen molar-refractivity contribution in [2.75, 3.05) is 0 Å². The van der Waals surface area contributed by atoms with E-state index in [1.807, 2.05) is 48.5 Å². The second-order valence-corrected chi connectivity index (χ2v) is 6.22. The fourth-order valence-corrected chi connectivity index (χ4v) is 3.06. The number of hydrogen-bond acceptors (Lipinski definition) is 4. The van der Waals surface area contributed by atoms with Crippen LogP contribution in [0.15, 0.2) is 85.7 Å². The van der Waals surface area contributed by atoms with Crippen LogP contribution >= 0.6 is 0 Å². The van der Waals surface area contributed by atoms with Gasteiger partial charge in [0.05, 0.1) is 11.2 Å². The minimum atomic E-state index is 0.300. The van der Waals surface area contributed by atoms with E-state index in [-0.39, 0.29) is 0 Å². The molecule has 0 atom stereocenters. The van der Waals surface area contributed by atoms with Gasteiger partial charge in [0, 0.05) is 29.0 Å². The molecule has 4 aromatic rings. The molecule has 4 nitrogen and oxygen atoms in total. The number of fused-ring (bicyclic) bond motifs is 1. The molecule has 4 heteroatoms. The number of nitrogens with two attached hydrogens (primary N) is 1. The van der Waals surface area contributed by atoms with Crippen molar-refractivity contribution < 1.29 is 4.74 Å². The highest BCUT2D eigenvalue weighted by Gasteiger charge is 2.10. The lowest BCUT2D eigenvalue weighted by Gasteiger charge is -2.13. The molecule has 0 fully saturated rings. The first-order chi connectivity index (χ1) is 13.2. The van der Waals surface area contributed by atoms with Crippen molar-refractivity contribution in [3.05, 3.63) is 97.0 Å². The van der Waals surface area contributed by atoms with E-state index < -0.39 is 0 Å². The average molecular weight is 353 g/mol. The largest absolute Gasteiger partial charge is 0.487 e. The van der Waals surface area contributed by atoms with Gasteiger partial charge in [-0.15, -0.1) is 0 Å². The van der Waals surface area contributed by atoms with Crippen LogP contribution in [0.3, 0.4) is 0 Å². The van der Waals surface area contributed by atoms with Gasteiger partial charge in [0.2, 0.25) is 0 Å². The molecule has 0 saturated heterocycles. The number of ether oxygens (including phenoxy) is 1. The van der Waals surface area contributed by atoms with Crippen molar-refractivity contribution >= 4 is 16.6 Å². The number of nitrogens with zero attached hydrogens (tertiary/aromatic N) is 2. The molecule has 0 aliphatic heterocycles. The van der Waals surface area contributed by atoms with Gasteiger partial charge < -0.3 is 10.5 Å². The Morgan fingerprint density at radius 1 is 0.889 bits per heavy atom. The number of pyridine rings is 2. The van der Waals surface area contributed by atoms with E-state index in [9.17, 15) is 0 Å². The Morgan fingerprint density at radius 2 is 1.67 bits per heavy atom. The Balaban J connectivity index is 1.74. The van der Waals surface area contributed by atoms with Gasteiger partial charge in [-0.25, -0.2) is 0 Å². The molecule has 2 heterocycles. The monoisotopic (exact) mass is 353 g/mol.